The zero-order chi connectivity index (χ0) is 21.2. The number of hydrogen-bond acceptors (Lipinski definition) is 7. The van der Waals surface area contributed by atoms with Crippen LogP contribution in [0.15, 0.2) is 46.8 Å². The number of nitrogens with zero attached hydrogens (tertiary/aromatic N) is 2. The lowest BCUT2D eigenvalue weighted by Crippen LogP contribution is -2.32. The van der Waals surface area contributed by atoms with E-state index < -0.39 is 23.9 Å². The van der Waals surface area contributed by atoms with Crippen LogP contribution in [-0.4, -0.2) is 33.4 Å². The Labute approximate surface area is 174 Å². The maximum absolute atomic E-state index is 13.6. The van der Waals surface area contributed by atoms with Crippen molar-refractivity contribution in [1.82, 2.24) is 4.98 Å². The Hall–Kier alpha value is -1.77. The van der Waals surface area contributed by atoms with Gasteiger partial charge in [0.25, 0.3) is 10.0 Å². The minimum atomic E-state index is -4.03. The van der Waals surface area contributed by atoms with Crippen LogP contribution < -0.4 is 4.31 Å². The zero-order valence-electron chi connectivity index (χ0n) is 16.7. The molecule has 0 bridgehead atoms. The predicted octanol–water partition coefficient (Wildman–Crippen LogP) is 4.94. The molecule has 0 aliphatic carbocycles. The normalized spacial score (nSPS) is 14.1. The van der Waals surface area contributed by atoms with Gasteiger partial charge in [-0.05, 0) is 62.2 Å². The molecule has 2 aromatic carbocycles. The molecule has 3 aromatic rings. The van der Waals surface area contributed by atoms with Gasteiger partial charge in [0.1, 0.15) is 6.29 Å². The van der Waals surface area contributed by atoms with Crippen molar-refractivity contribution in [1.29, 1.82) is 0 Å². The number of rotatable bonds is 8. The van der Waals surface area contributed by atoms with Gasteiger partial charge in [-0.25, -0.2) is 13.4 Å². The Morgan fingerprint density at radius 1 is 1.14 bits per heavy atom. The van der Waals surface area contributed by atoms with Crippen molar-refractivity contribution in [3.8, 4) is 0 Å². The molecule has 0 saturated heterocycles. The molecule has 3 rings (SSSR count). The molecule has 1 heterocycles. The highest BCUT2D eigenvalue weighted by Crippen LogP contribution is 2.49. The van der Waals surface area contributed by atoms with Gasteiger partial charge < -0.3 is 9.05 Å². The molecule has 0 N–H and O–H groups in total. The van der Waals surface area contributed by atoms with Gasteiger partial charge in [-0.1, -0.05) is 6.07 Å². The summed E-state index contributed by atoms with van der Waals surface area (Å²) in [5.41, 5.74) is 4.47. The first-order valence-corrected chi connectivity index (χ1v) is 13.0. The third kappa shape index (κ3) is 4.70. The molecule has 29 heavy (non-hydrogen) atoms. The number of benzene rings is 2. The standard InChI is InChI=1S/C19H23N2O5PS2/c1-5-26-27(22,25-4)13-21(16-6-7-18-19(11-16)28-12-20-18)29(23,24)17-9-14(2)8-15(3)10-17/h6-12H,5,13H2,1-4H3. The van der Waals surface area contributed by atoms with Crippen molar-refractivity contribution >= 4 is 44.9 Å². The van der Waals surface area contributed by atoms with Crippen molar-refractivity contribution < 1.29 is 22.0 Å². The third-order valence-corrected chi connectivity index (χ3v) is 8.86. The Kier molecular flexibility index (Phi) is 6.45. The van der Waals surface area contributed by atoms with Gasteiger partial charge in [0.05, 0.1) is 32.9 Å². The molecule has 0 aliphatic heterocycles. The summed E-state index contributed by atoms with van der Waals surface area (Å²) >= 11 is 1.40. The molecule has 0 amide bonds. The first-order chi connectivity index (χ1) is 13.7. The average molecular weight is 455 g/mol. The lowest BCUT2D eigenvalue weighted by molar-refractivity contribution is 0.245. The Morgan fingerprint density at radius 3 is 2.45 bits per heavy atom. The number of thiazole rings is 1. The van der Waals surface area contributed by atoms with Crippen LogP contribution in [-0.2, 0) is 23.6 Å². The number of sulfonamides is 1. The maximum Gasteiger partial charge on any atom is 0.350 e. The van der Waals surface area contributed by atoms with Crippen LogP contribution in [0.25, 0.3) is 10.2 Å². The van der Waals surface area contributed by atoms with Gasteiger partial charge in [-0.2, -0.15) is 0 Å². The van der Waals surface area contributed by atoms with E-state index in [1.54, 1.807) is 42.8 Å². The van der Waals surface area contributed by atoms with E-state index in [0.29, 0.717) is 5.69 Å². The maximum atomic E-state index is 13.6. The molecule has 1 unspecified atom stereocenters. The number of fused-ring (bicyclic) bond motifs is 1. The molecular formula is C19H23N2O5PS2. The molecule has 156 valence electrons. The van der Waals surface area contributed by atoms with Gasteiger partial charge in [0.2, 0.25) is 0 Å². The first-order valence-electron chi connectivity index (χ1n) is 8.92. The molecular weight excluding hydrogens is 431 g/mol. The number of aromatic nitrogens is 1. The summed E-state index contributed by atoms with van der Waals surface area (Å²) in [4.78, 5) is 4.35. The fourth-order valence-electron chi connectivity index (χ4n) is 3.01. The molecule has 0 aliphatic rings. The highest BCUT2D eigenvalue weighted by atomic mass is 32.2. The smallest absolute Gasteiger partial charge is 0.311 e. The predicted molar refractivity (Wildman–Crippen MR) is 116 cm³/mol. The molecule has 1 aromatic heterocycles. The van der Waals surface area contributed by atoms with E-state index in [0.717, 1.165) is 25.6 Å². The van der Waals surface area contributed by atoms with Gasteiger partial charge in [-0.3, -0.25) is 8.87 Å². The summed E-state index contributed by atoms with van der Waals surface area (Å²) in [6.45, 7) is 5.48. The zero-order valence-corrected chi connectivity index (χ0v) is 19.2. The second-order valence-electron chi connectivity index (χ2n) is 6.53. The number of anilines is 1. The van der Waals surface area contributed by atoms with Crippen LogP contribution in [0.1, 0.15) is 18.1 Å². The second-order valence-corrected chi connectivity index (χ2v) is 11.4. The lowest BCUT2D eigenvalue weighted by Gasteiger charge is -2.28. The van der Waals surface area contributed by atoms with Crippen molar-refractivity contribution in [3.05, 3.63) is 53.0 Å². The second kappa shape index (κ2) is 8.53. The largest absolute Gasteiger partial charge is 0.350 e. The quantitative estimate of drug-likeness (QED) is 0.448. The van der Waals surface area contributed by atoms with E-state index in [1.165, 1.54) is 18.4 Å². The van der Waals surface area contributed by atoms with E-state index >= 15 is 0 Å². The highest BCUT2D eigenvalue weighted by Gasteiger charge is 2.34. The monoisotopic (exact) mass is 454 g/mol. The summed E-state index contributed by atoms with van der Waals surface area (Å²) in [6.07, 6.45) is -0.434. The van der Waals surface area contributed by atoms with Crippen molar-refractivity contribution in [2.24, 2.45) is 0 Å². The Morgan fingerprint density at radius 2 is 1.83 bits per heavy atom. The number of hydrogen-bond donors (Lipinski definition) is 0. The van der Waals surface area contributed by atoms with Crippen LogP contribution in [0.2, 0.25) is 0 Å². The summed E-state index contributed by atoms with van der Waals surface area (Å²) in [7, 11) is -6.45. The molecule has 0 spiro atoms. The molecule has 0 saturated carbocycles. The van der Waals surface area contributed by atoms with Gasteiger partial charge in [0.15, 0.2) is 0 Å². The van der Waals surface area contributed by atoms with Gasteiger partial charge in [0, 0.05) is 7.11 Å². The summed E-state index contributed by atoms with van der Waals surface area (Å²) in [5.74, 6) is 0. The minimum Gasteiger partial charge on any atom is -0.311 e. The van der Waals surface area contributed by atoms with Gasteiger partial charge >= 0.3 is 7.60 Å². The summed E-state index contributed by atoms with van der Waals surface area (Å²) in [5, 5.41) is 0. The molecule has 10 heteroatoms. The fraction of sp³-hybridized carbons (Fsp3) is 0.316. The topological polar surface area (TPSA) is 85.8 Å². The fourth-order valence-corrected chi connectivity index (χ4v) is 7.24. The summed E-state index contributed by atoms with van der Waals surface area (Å²) in [6, 6.07) is 10.2. The lowest BCUT2D eigenvalue weighted by atomic mass is 10.2. The van der Waals surface area contributed by atoms with E-state index in [4.69, 9.17) is 9.05 Å². The molecule has 0 radical (unpaired) electrons. The van der Waals surface area contributed by atoms with Crippen LogP contribution in [0.3, 0.4) is 0 Å². The van der Waals surface area contributed by atoms with Gasteiger partial charge in [-0.15, -0.1) is 11.3 Å². The SMILES string of the molecule is CCOP(=O)(CN(c1ccc2ncsc2c1)S(=O)(=O)c1cc(C)cc(C)c1)OC. The van der Waals surface area contributed by atoms with E-state index in [-0.39, 0.29) is 11.5 Å². The average Bonchev–Trinajstić information content (AvgIpc) is 3.13. The Balaban J connectivity index is 2.16. The first kappa shape index (κ1) is 21.9. The molecule has 0 fully saturated rings. The van der Waals surface area contributed by atoms with E-state index in [9.17, 15) is 13.0 Å². The highest BCUT2D eigenvalue weighted by molar-refractivity contribution is 7.93. The van der Waals surface area contributed by atoms with Crippen molar-refractivity contribution in [2.45, 2.75) is 25.7 Å². The summed E-state index contributed by atoms with van der Waals surface area (Å²) < 4.78 is 52.5. The van der Waals surface area contributed by atoms with Crippen LogP contribution >= 0.6 is 18.9 Å². The van der Waals surface area contributed by atoms with Crippen LogP contribution in [0, 0.1) is 13.8 Å². The van der Waals surface area contributed by atoms with E-state index in [1.807, 2.05) is 19.9 Å². The minimum absolute atomic E-state index is 0.124. The number of aryl methyl sites for hydroxylation is 2. The van der Waals surface area contributed by atoms with E-state index in [2.05, 4.69) is 4.98 Å². The third-order valence-electron chi connectivity index (χ3n) is 4.29. The molecule has 7 nitrogen and oxygen atoms in total. The van der Waals surface area contributed by atoms with Crippen molar-refractivity contribution in [2.75, 3.05) is 24.3 Å². The molecule has 1 atom stereocenters. The Bertz CT molecular complexity index is 1160. The van der Waals surface area contributed by atoms with Crippen LogP contribution in [0.5, 0.6) is 0 Å². The van der Waals surface area contributed by atoms with Crippen molar-refractivity contribution in [3.63, 3.8) is 0 Å². The van der Waals surface area contributed by atoms with Crippen LogP contribution in [0.4, 0.5) is 5.69 Å².